The quantitative estimate of drug-likeness (QED) is 0.418. The van der Waals surface area contributed by atoms with Crippen LogP contribution in [0, 0.1) is 6.92 Å². The van der Waals surface area contributed by atoms with Gasteiger partial charge in [0.1, 0.15) is 17.7 Å². The molecule has 3 atom stereocenters. The van der Waals surface area contributed by atoms with E-state index in [2.05, 4.69) is 38.5 Å². The molecule has 39 heavy (non-hydrogen) atoms. The number of hydrogen-bond donors (Lipinski definition) is 1. The number of carbonyl (C=O) groups is 1. The minimum absolute atomic E-state index is 0.141. The van der Waals surface area contributed by atoms with Crippen molar-refractivity contribution >= 4 is 17.3 Å². The Kier molecular flexibility index (Phi) is 8.37. The van der Waals surface area contributed by atoms with Crippen molar-refractivity contribution in [3.63, 3.8) is 0 Å². The second-order valence-corrected chi connectivity index (χ2v) is 11.1. The van der Waals surface area contributed by atoms with E-state index in [0.717, 1.165) is 80.2 Å². The fraction of sp³-hybridized carbons (Fsp3) is 0.567. The lowest BCUT2D eigenvalue weighted by atomic mass is 10.1. The van der Waals surface area contributed by atoms with Gasteiger partial charge >= 0.3 is 6.09 Å². The highest BCUT2D eigenvalue weighted by molar-refractivity contribution is 5.89. The fourth-order valence-electron chi connectivity index (χ4n) is 6.15. The molecule has 9 heteroatoms. The van der Waals surface area contributed by atoms with Gasteiger partial charge in [-0.1, -0.05) is 19.4 Å². The van der Waals surface area contributed by atoms with Crippen LogP contribution < -0.4 is 10.1 Å². The number of nitrogens with one attached hydrogen (secondary N) is 1. The molecule has 3 aromatic rings. The zero-order valence-electron chi connectivity index (χ0n) is 23.9. The smallest absolute Gasteiger partial charge is 0.412 e. The van der Waals surface area contributed by atoms with Gasteiger partial charge in [-0.15, -0.1) is 0 Å². The van der Waals surface area contributed by atoms with Crippen LogP contribution in [0.4, 0.5) is 10.5 Å². The van der Waals surface area contributed by atoms with Gasteiger partial charge in [-0.3, -0.25) is 19.6 Å². The lowest BCUT2D eigenvalue weighted by Crippen LogP contribution is -2.48. The van der Waals surface area contributed by atoms with Gasteiger partial charge in [0.25, 0.3) is 0 Å². The molecule has 2 fully saturated rings. The summed E-state index contributed by atoms with van der Waals surface area (Å²) in [6.07, 6.45) is 8.55. The van der Waals surface area contributed by atoms with Gasteiger partial charge in [-0.2, -0.15) is 0 Å². The second kappa shape index (κ2) is 11.9. The molecule has 1 amide bonds. The minimum Gasteiger partial charge on any atom is -0.495 e. The normalized spacial score (nSPS) is 21.3. The van der Waals surface area contributed by atoms with Crippen molar-refractivity contribution in [1.29, 1.82) is 0 Å². The number of rotatable bonds is 8. The SMILES string of the molecule is CCCC(C)OC(=O)Nc1ccc(-c2nc(C3CCC(N4CCN(C)CC4)C3)n3ccnc(C)c23)cc1OC. The number of aryl methyl sites for hydroxylation is 1. The Morgan fingerprint density at radius 1 is 1.21 bits per heavy atom. The molecule has 1 aromatic carbocycles. The van der Waals surface area contributed by atoms with E-state index in [0.29, 0.717) is 23.4 Å². The summed E-state index contributed by atoms with van der Waals surface area (Å²) in [7, 11) is 3.82. The summed E-state index contributed by atoms with van der Waals surface area (Å²) in [4.78, 5) is 27.4. The van der Waals surface area contributed by atoms with Crippen LogP contribution >= 0.6 is 0 Å². The number of likely N-dealkylation sites (N-methyl/N-ethyl adjacent to an activating group) is 1. The van der Waals surface area contributed by atoms with Gasteiger partial charge < -0.3 is 14.4 Å². The van der Waals surface area contributed by atoms with Crippen LogP contribution in [0.1, 0.15) is 63.4 Å². The summed E-state index contributed by atoms with van der Waals surface area (Å²) in [5.74, 6) is 2.07. The van der Waals surface area contributed by atoms with E-state index in [1.807, 2.05) is 44.4 Å². The van der Waals surface area contributed by atoms with Crippen molar-refractivity contribution in [3.05, 3.63) is 42.1 Å². The maximum Gasteiger partial charge on any atom is 0.412 e. The van der Waals surface area contributed by atoms with Gasteiger partial charge in [0.05, 0.1) is 29.7 Å². The van der Waals surface area contributed by atoms with Gasteiger partial charge in [0.15, 0.2) is 0 Å². The predicted molar refractivity (Wildman–Crippen MR) is 154 cm³/mol. The zero-order valence-corrected chi connectivity index (χ0v) is 23.9. The monoisotopic (exact) mass is 534 g/mol. The van der Waals surface area contributed by atoms with Crippen LogP contribution in [0.2, 0.25) is 0 Å². The number of hydrogen-bond acceptors (Lipinski definition) is 7. The zero-order chi connectivity index (χ0) is 27.5. The molecule has 1 aliphatic carbocycles. The number of nitrogens with zero attached hydrogens (tertiary/aromatic N) is 5. The molecule has 210 valence electrons. The summed E-state index contributed by atoms with van der Waals surface area (Å²) >= 11 is 0. The van der Waals surface area contributed by atoms with Crippen molar-refractivity contribution in [1.82, 2.24) is 24.2 Å². The third-order valence-corrected chi connectivity index (χ3v) is 8.30. The number of carbonyl (C=O) groups excluding carboxylic acids is 1. The maximum atomic E-state index is 12.4. The predicted octanol–water partition coefficient (Wildman–Crippen LogP) is 5.33. The number of piperazine rings is 1. The Hall–Kier alpha value is -3.17. The van der Waals surface area contributed by atoms with Gasteiger partial charge in [-0.25, -0.2) is 9.78 Å². The highest BCUT2D eigenvalue weighted by Crippen LogP contribution is 2.40. The van der Waals surface area contributed by atoms with E-state index in [-0.39, 0.29) is 6.10 Å². The summed E-state index contributed by atoms with van der Waals surface area (Å²) in [6, 6.07) is 6.39. The van der Waals surface area contributed by atoms with Crippen LogP contribution in [-0.2, 0) is 4.74 Å². The van der Waals surface area contributed by atoms with Crippen molar-refractivity contribution < 1.29 is 14.3 Å². The third-order valence-electron chi connectivity index (χ3n) is 8.30. The molecule has 3 unspecified atom stereocenters. The molecule has 0 spiro atoms. The number of anilines is 1. The molecule has 2 aromatic heterocycles. The highest BCUT2D eigenvalue weighted by atomic mass is 16.6. The Labute approximate surface area is 231 Å². The average molecular weight is 535 g/mol. The molecule has 0 radical (unpaired) electrons. The number of aromatic nitrogens is 3. The molecule has 1 N–H and O–H groups in total. The summed E-state index contributed by atoms with van der Waals surface area (Å²) in [6.45, 7) is 10.6. The van der Waals surface area contributed by atoms with Crippen LogP contribution in [-0.4, -0.2) is 82.7 Å². The van der Waals surface area contributed by atoms with Gasteiger partial charge in [0.2, 0.25) is 0 Å². The fourth-order valence-corrected chi connectivity index (χ4v) is 6.15. The molecule has 1 saturated heterocycles. The molecule has 5 rings (SSSR count). The van der Waals surface area contributed by atoms with Gasteiger partial charge in [-0.05, 0) is 58.7 Å². The number of benzene rings is 1. The number of methoxy groups -OCH3 is 1. The van der Waals surface area contributed by atoms with Crippen LogP contribution in [0.15, 0.2) is 30.6 Å². The summed E-state index contributed by atoms with van der Waals surface area (Å²) < 4.78 is 13.4. The van der Waals surface area contributed by atoms with Crippen LogP contribution in [0.25, 0.3) is 16.8 Å². The first kappa shape index (κ1) is 27.4. The first-order valence-electron chi connectivity index (χ1n) is 14.3. The lowest BCUT2D eigenvalue weighted by molar-refractivity contribution is 0.113. The summed E-state index contributed by atoms with van der Waals surface area (Å²) in [5, 5.41) is 2.83. The Morgan fingerprint density at radius 2 is 2.00 bits per heavy atom. The van der Waals surface area contributed by atoms with E-state index in [9.17, 15) is 4.79 Å². The van der Waals surface area contributed by atoms with E-state index >= 15 is 0 Å². The molecule has 2 aliphatic rings. The molecule has 1 aliphatic heterocycles. The molecule has 0 bridgehead atoms. The first-order chi connectivity index (χ1) is 18.9. The largest absolute Gasteiger partial charge is 0.495 e. The number of imidazole rings is 1. The molecular formula is C30H42N6O3. The van der Waals surface area contributed by atoms with E-state index in [1.165, 1.54) is 6.42 Å². The van der Waals surface area contributed by atoms with Crippen molar-refractivity contribution in [2.45, 2.75) is 70.9 Å². The lowest BCUT2D eigenvalue weighted by Gasteiger charge is -2.36. The molecule has 1 saturated carbocycles. The second-order valence-electron chi connectivity index (χ2n) is 11.1. The topological polar surface area (TPSA) is 84.2 Å². The first-order valence-corrected chi connectivity index (χ1v) is 14.3. The van der Waals surface area contributed by atoms with E-state index in [4.69, 9.17) is 14.5 Å². The Morgan fingerprint density at radius 3 is 2.74 bits per heavy atom. The van der Waals surface area contributed by atoms with Crippen LogP contribution in [0.5, 0.6) is 5.75 Å². The van der Waals surface area contributed by atoms with Gasteiger partial charge in [0, 0.05) is 56.1 Å². The average Bonchev–Trinajstić information content (AvgIpc) is 3.55. The number of ether oxygens (including phenoxy) is 2. The van der Waals surface area contributed by atoms with Crippen molar-refractivity contribution in [2.75, 3.05) is 45.7 Å². The minimum atomic E-state index is -0.479. The van der Waals surface area contributed by atoms with E-state index < -0.39 is 6.09 Å². The number of amides is 1. The van der Waals surface area contributed by atoms with Crippen molar-refractivity contribution in [3.8, 4) is 17.0 Å². The molecule has 3 heterocycles. The molecular weight excluding hydrogens is 492 g/mol. The Bertz CT molecular complexity index is 1300. The highest BCUT2D eigenvalue weighted by Gasteiger charge is 2.34. The number of fused-ring (bicyclic) bond motifs is 1. The van der Waals surface area contributed by atoms with Crippen molar-refractivity contribution in [2.24, 2.45) is 0 Å². The maximum absolute atomic E-state index is 12.4. The molecule has 9 nitrogen and oxygen atoms in total. The van der Waals surface area contributed by atoms with Crippen LogP contribution in [0.3, 0.4) is 0 Å². The standard InChI is InChI=1S/C30H42N6O3/c1-6-7-20(2)39-30(37)32-25-11-9-22(19-26(25)38-5)27-28-21(3)31-12-13-36(28)29(33-27)23-8-10-24(18-23)35-16-14-34(4)15-17-35/h9,11-13,19-20,23-24H,6-8,10,14-18H2,1-5H3,(H,32,37). The summed E-state index contributed by atoms with van der Waals surface area (Å²) in [5.41, 5.74) is 4.35. The third kappa shape index (κ3) is 5.89. The van der Waals surface area contributed by atoms with E-state index in [1.54, 1.807) is 7.11 Å². The Balaban J connectivity index is 1.41.